The lowest BCUT2D eigenvalue weighted by atomic mass is 9.94. The third-order valence-corrected chi connectivity index (χ3v) is 2.36. The molecule has 0 bridgehead atoms. The van der Waals surface area contributed by atoms with Crippen molar-refractivity contribution in [1.82, 2.24) is 4.90 Å². The summed E-state index contributed by atoms with van der Waals surface area (Å²) in [5, 5.41) is 0. The summed E-state index contributed by atoms with van der Waals surface area (Å²) in [6.07, 6.45) is 2.08. The fourth-order valence-corrected chi connectivity index (χ4v) is 1.96. The Morgan fingerprint density at radius 1 is 1.14 bits per heavy atom. The van der Waals surface area contributed by atoms with Gasteiger partial charge in [0.05, 0.1) is 0 Å². The Bertz CT molecular complexity index is 208. The molecule has 0 aliphatic carbocycles. The molecule has 3 heteroatoms. The zero-order valence-electron chi connectivity index (χ0n) is 10.9. The summed E-state index contributed by atoms with van der Waals surface area (Å²) in [5.41, 5.74) is 0.0878. The van der Waals surface area contributed by atoms with E-state index in [4.69, 9.17) is 4.43 Å². The molecule has 0 saturated heterocycles. The number of nitrogens with zero attached hydrogens (tertiary/aromatic N) is 1. The molecule has 0 unspecified atom stereocenters. The highest BCUT2D eigenvalue weighted by atomic mass is 28.4. The average molecular weight is 215 g/mol. The second-order valence-corrected chi connectivity index (χ2v) is 10.4. The monoisotopic (exact) mass is 215 g/mol. The van der Waals surface area contributed by atoms with Crippen molar-refractivity contribution in [3.63, 3.8) is 0 Å². The van der Waals surface area contributed by atoms with Crippen LogP contribution in [0.25, 0.3) is 0 Å². The van der Waals surface area contributed by atoms with Gasteiger partial charge in [-0.25, -0.2) is 0 Å². The maximum Gasteiger partial charge on any atom is 0.241 e. The summed E-state index contributed by atoms with van der Waals surface area (Å²) in [6.45, 7) is 13.2. The maximum absolute atomic E-state index is 6.07. The van der Waals surface area contributed by atoms with E-state index in [0.29, 0.717) is 0 Å². The van der Waals surface area contributed by atoms with Crippen molar-refractivity contribution in [3.05, 3.63) is 12.0 Å². The van der Waals surface area contributed by atoms with Gasteiger partial charge in [-0.1, -0.05) is 20.8 Å². The lowest BCUT2D eigenvalue weighted by molar-refractivity contribution is 0.276. The van der Waals surface area contributed by atoms with Crippen molar-refractivity contribution < 1.29 is 4.43 Å². The van der Waals surface area contributed by atoms with Crippen LogP contribution in [0.15, 0.2) is 12.0 Å². The molecule has 14 heavy (non-hydrogen) atoms. The second kappa shape index (κ2) is 4.38. The average Bonchev–Trinajstić information content (AvgIpc) is 1.78. The highest BCUT2D eigenvalue weighted by Gasteiger charge is 2.25. The van der Waals surface area contributed by atoms with Crippen LogP contribution in [0.2, 0.25) is 19.6 Å². The van der Waals surface area contributed by atoms with Crippen molar-refractivity contribution in [2.24, 2.45) is 5.41 Å². The van der Waals surface area contributed by atoms with E-state index in [1.807, 2.05) is 19.0 Å². The molecule has 0 heterocycles. The fraction of sp³-hybridized carbons (Fsp3) is 0.818. The van der Waals surface area contributed by atoms with Crippen molar-refractivity contribution in [1.29, 1.82) is 0 Å². The maximum atomic E-state index is 6.07. The van der Waals surface area contributed by atoms with Crippen molar-refractivity contribution in [2.45, 2.75) is 40.4 Å². The third-order valence-electron chi connectivity index (χ3n) is 1.53. The van der Waals surface area contributed by atoms with E-state index in [-0.39, 0.29) is 5.41 Å². The zero-order chi connectivity index (χ0) is 11.6. The highest BCUT2D eigenvalue weighted by Crippen LogP contribution is 2.29. The minimum absolute atomic E-state index is 0.0878. The van der Waals surface area contributed by atoms with E-state index >= 15 is 0 Å². The SMILES string of the molecule is CN(C)C=C(O[Si](C)(C)C)C(C)(C)C. The summed E-state index contributed by atoms with van der Waals surface area (Å²) in [7, 11) is 2.56. The van der Waals surface area contributed by atoms with Crippen LogP contribution in [-0.2, 0) is 4.43 Å². The van der Waals surface area contributed by atoms with Crippen LogP contribution in [0.3, 0.4) is 0 Å². The van der Waals surface area contributed by atoms with Gasteiger partial charge in [-0.15, -0.1) is 0 Å². The molecule has 0 rings (SSSR count). The molecule has 0 amide bonds. The van der Waals surface area contributed by atoms with Gasteiger partial charge in [-0.3, -0.25) is 0 Å². The smallest absolute Gasteiger partial charge is 0.241 e. The molecule has 0 aromatic heterocycles. The molecular weight excluding hydrogens is 190 g/mol. The Morgan fingerprint density at radius 3 is 1.79 bits per heavy atom. The van der Waals surface area contributed by atoms with Crippen LogP contribution in [0.4, 0.5) is 0 Å². The minimum atomic E-state index is -1.49. The normalized spacial score (nSPS) is 14.1. The Balaban J connectivity index is 4.77. The van der Waals surface area contributed by atoms with Gasteiger partial charge in [0, 0.05) is 25.7 Å². The Kier molecular flexibility index (Phi) is 4.25. The first-order valence-electron chi connectivity index (χ1n) is 5.10. The van der Waals surface area contributed by atoms with E-state index in [9.17, 15) is 0 Å². The number of rotatable bonds is 3. The van der Waals surface area contributed by atoms with Gasteiger partial charge in [0.2, 0.25) is 8.32 Å². The molecule has 0 spiro atoms. The largest absolute Gasteiger partial charge is 0.546 e. The second-order valence-electron chi connectivity index (χ2n) is 5.92. The number of allylic oxidation sites excluding steroid dienone is 1. The Labute approximate surface area is 90.1 Å². The molecular formula is C11H25NOSi. The van der Waals surface area contributed by atoms with E-state index in [0.717, 1.165) is 5.76 Å². The molecule has 0 fully saturated rings. The molecule has 0 saturated carbocycles. The molecule has 84 valence electrons. The van der Waals surface area contributed by atoms with Gasteiger partial charge in [0.1, 0.15) is 5.76 Å². The summed E-state index contributed by atoms with van der Waals surface area (Å²) in [4.78, 5) is 2.04. The molecule has 0 aliphatic heterocycles. The number of hydrogen-bond acceptors (Lipinski definition) is 2. The molecule has 0 aliphatic rings. The summed E-state index contributed by atoms with van der Waals surface area (Å²) in [6, 6.07) is 0. The van der Waals surface area contributed by atoms with Gasteiger partial charge in [0.15, 0.2) is 0 Å². The standard InChI is InChI=1S/C11H25NOSi/c1-11(2,3)10(9-12(4)5)13-14(6,7)8/h9H,1-8H3. The molecule has 0 N–H and O–H groups in total. The van der Waals surface area contributed by atoms with E-state index < -0.39 is 8.32 Å². The molecule has 2 nitrogen and oxygen atoms in total. The predicted octanol–water partition coefficient (Wildman–Crippen LogP) is 3.29. The summed E-state index contributed by atoms with van der Waals surface area (Å²) in [5.74, 6) is 1.08. The lowest BCUT2D eigenvalue weighted by Crippen LogP contribution is -2.30. The third kappa shape index (κ3) is 6.08. The Morgan fingerprint density at radius 2 is 1.57 bits per heavy atom. The summed E-state index contributed by atoms with van der Waals surface area (Å²) >= 11 is 0. The van der Waals surface area contributed by atoms with Crippen LogP contribution >= 0.6 is 0 Å². The number of hydrogen-bond donors (Lipinski definition) is 0. The van der Waals surface area contributed by atoms with Crippen molar-refractivity contribution >= 4 is 8.32 Å². The van der Waals surface area contributed by atoms with Crippen LogP contribution in [0.1, 0.15) is 20.8 Å². The van der Waals surface area contributed by atoms with Gasteiger partial charge < -0.3 is 9.33 Å². The first kappa shape index (κ1) is 13.6. The van der Waals surface area contributed by atoms with Crippen LogP contribution in [0.5, 0.6) is 0 Å². The van der Waals surface area contributed by atoms with E-state index in [1.165, 1.54) is 0 Å². The van der Waals surface area contributed by atoms with E-state index in [2.05, 4.69) is 46.6 Å². The zero-order valence-corrected chi connectivity index (χ0v) is 11.9. The molecule has 0 aromatic rings. The topological polar surface area (TPSA) is 12.5 Å². The van der Waals surface area contributed by atoms with Gasteiger partial charge >= 0.3 is 0 Å². The van der Waals surface area contributed by atoms with E-state index in [1.54, 1.807) is 0 Å². The van der Waals surface area contributed by atoms with Crippen LogP contribution in [-0.4, -0.2) is 27.3 Å². The Hall–Kier alpha value is -0.443. The molecule has 0 aromatic carbocycles. The molecule has 0 radical (unpaired) electrons. The van der Waals surface area contributed by atoms with Crippen LogP contribution < -0.4 is 0 Å². The first-order valence-corrected chi connectivity index (χ1v) is 8.51. The predicted molar refractivity (Wildman–Crippen MR) is 65.7 cm³/mol. The van der Waals surface area contributed by atoms with Gasteiger partial charge in [-0.2, -0.15) is 0 Å². The van der Waals surface area contributed by atoms with Crippen molar-refractivity contribution in [2.75, 3.05) is 14.1 Å². The van der Waals surface area contributed by atoms with Gasteiger partial charge in [0.25, 0.3) is 0 Å². The first-order chi connectivity index (χ1) is 6.02. The van der Waals surface area contributed by atoms with Crippen molar-refractivity contribution in [3.8, 4) is 0 Å². The lowest BCUT2D eigenvalue weighted by Gasteiger charge is -2.31. The summed E-state index contributed by atoms with van der Waals surface area (Å²) < 4.78 is 6.07. The van der Waals surface area contributed by atoms with Crippen LogP contribution in [0, 0.1) is 5.41 Å². The fourth-order valence-electron chi connectivity index (χ4n) is 0.937. The minimum Gasteiger partial charge on any atom is -0.546 e. The highest BCUT2D eigenvalue weighted by molar-refractivity contribution is 6.70. The van der Waals surface area contributed by atoms with Gasteiger partial charge in [-0.05, 0) is 19.6 Å². The quantitative estimate of drug-likeness (QED) is 0.529. The molecule has 0 atom stereocenters.